The van der Waals surface area contributed by atoms with Crippen LogP contribution >= 0.6 is 15.9 Å². The number of halogens is 1. The molecule has 0 aliphatic heterocycles. The van der Waals surface area contributed by atoms with Gasteiger partial charge >= 0.3 is 0 Å². The third-order valence-corrected chi connectivity index (χ3v) is 2.88. The fourth-order valence-corrected chi connectivity index (χ4v) is 1.20. The van der Waals surface area contributed by atoms with Crippen molar-refractivity contribution in [3.8, 4) is 0 Å². The lowest BCUT2D eigenvalue weighted by Crippen LogP contribution is -1.99. The van der Waals surface area contributed by atoms with E-state index in [0.717, 1.165) is 18.5 Å². The molecule has 0 radical (unpaired) electrons. The molecule has 1 heterocycles. The van der Waals surface area contributed by atoms with Crippen molar-refractivity contribution < 1.29 is 0 Å². The first-order chi connectivity index (χ1) is 5.83. The summed E-state index contributed by atoms with van der Waals surface area (Å²) in [6, 6.07) is 0. The number of alkyl halides is 1. The van der Waals surface area contributed by atoms with Crippen LogP contribution in [0.1, 0.15) is 25.5 Å². The normalized spacial score (nSPS) is 12.8. The van der Waals surface area contributed by atoms with Gasteiger partial charge < -0.3 is 0 Å². The summed E-state index contributed by atoms with van der Waals surface area (Å²) in [5.74, 6) is 0. The third-order valence-electron chi connectivity index (χ3n) is 1.77. The highest BCUT2D eigenvalue weighted by Crippen LogP contribution is 2.11. The first-order valence-electron chi connectivity index (χ1n) is 4.22. The van der Waals surface area contributed by atoms with Gasteiger partial charge in [0.25, 0.3) is 0 Å². The van der Waals surface area contributed by atoms with Gasteiger partial charge in [-0.15, -0.1) is 0 Å². The summed E-state index contributed by atoms with van der Waals surface area (Å²) in [5.41, 5.74) is 1.08. The standard InChI is InChI=1S/C9H13BrN2/c1-2-8(10)3-4-9-7-11-5-6-12-9/h5-8H,2-4H2,1H3. The van der Waals surface area contributed by atoms with E-state index in [1.165, 1.54) is 6.42 Å². The summed E-state index contributed by atoms with van der Waals surface area (Å²) in [4.78, 5) is 8.82. The lowest BCUT2D eigenvalue weighted by molar-refractivity contribution is 0.732. The van der Waals surface area contributed by atoms with E-state index in [9.17, 15) is 0 Å². The molecule has 0 fully saturated rings. The summed E-state index contributed by atoms with van der Waals surface area (Å²) >= 11 is 3.59. The second-order valence-corrected chi connectivity index (χ2v) is 4.04. The van der Waals surface area contributed by atoms with Crippen LogP contribution < -0.4 is 0 Å². The smallest absolute Gasteiger partial charge is 0.0587 e. The quantitative estimate of drug-likeness (QED) is 0.741. The molecule has 0 aliphatic carbocycles. The van der Waals surface area contributed by atoms with Crippen LogP contribution in [0.5, 0.6) is 0 Å². The second-order valence-electron chi connectivity index (χ2n) is 2.74. The number of rotatable bonds is 4. The van der Waals surface area contributed by atoms with E-state index in [4.69, 9.17) is 0 Å². The lowest BCUT2D eigenvalue weighted by Gasteiger charge is -2.04. The van der Waals surface area contributed by atoms with Gasteiger partial charge in [-0.1, -0.05) is 22.9 Å². The Morgan fingerprint density at radius 3 is 2.92 bits per heavy atom. The minimum absolute atomic E-state index is 0.611. The molecule has 0 bridgehead atoms. The van der Waals surface area contributed by atoms with E-state index in [0.29, 0.717) is 4.83 Å². The molecule has 0 N–H and O–H groups in total. The van der Waals surface area contributed by atoms with Crippen molar-refractivity contribution in [1.29, 1.82) is 0 Å². The summed E-state index contributed by atoms with van der Waals surface area (Å²) in [6.45, 7) is 2.18. The predicted molar refractivity (Wildman–Crippen MR) is 53.4 cm³/mol. The van der Waals surface area contributed by atoms with Crippen LogP contribution in [0, 0.1) is 0 Å². The average molecular weight is 229 g/mol. The zero-order valence-electron chi connectivity index (χ0n) is 7.20. The Morgan fingerprint density at radius 1 is 1.50 bits per heavy atom. The van der Waals surface area contributed by atoms with Crippen molar-refractivity contribution in [1.82, 2.24) is 9.97 Å². The van der Waals surface area contributed by atoms with Gasteiger partial charge in [-0.25, -0.2) is 0 Å². The number of aromatic nitrogens is 2. The van der Waals surface area contributed by atoms with Crippen LogP contribution in [0.25, 0.3) is 0 Å². The van der Waals surface area contributed by atoms with Crippen molar-refractivity contribution >= 4 is 15.9 Å². The molecule has 1 unspecified atom stereocenters. The molecule has 0 saturated heterocycles. The van der Waals surface area contributed by atoms with Crippen molar-refractivity contribution in [3.05, 3.63) is 24.3 Å². The molecule has 2 nitrogen and oxygen atoms in total. The monoisotopic (exact) mass is 228 g/mol. The fraction of sp³-hybridized carbons (Fsp3) is 0.556. The molecular weight excluding hydrogens is 216 g/mol. The van der Waals surface area contributed by atoms with Crippen LogP contribution in [-0.4, -0.2) is 14.8 Å². The Morgan fingerprint density at radius 2 is 2.33 bits per heavy atom. The molecule has 1 atom stereocenters. The molecule has 0 spiro atoms. The maximum absolute atomic E-state index is 4.20. The summed E-state index contributed by atoms with van der Waals surface area (Å²) in [6.07, 6.45) is 8.59. The molecule has 12 heavy (non-hydrogen) atoms. The molecule has 0 aliphatic rings. The minimum Gasteiger partial charge on any atom is -0.261 e. The summed E-state index contributed by atoms with van der Waals surface area (Å²) in [7, 11) is 0. The molecule has 0 aromatic carbocycles. The molecular formula is C9H13BrN2. The van der Waals surface area contributed by atoms with E-state index in [2.05, 4.69) is 32.8 Å². The molecule has 3 heteroatoms. The lowest BCUT2D eigenvalue weighted by atomic mass is 10.2. The fourth-order valence-electron chi connectivity index (χ4n) is 0.968. The van der Waals surface area contributed by atoms with Gasteiger partial charge in [0, 0.05) is 23.4 Å². The Kier molecular flexibility index (Phi) is 4.22. The average Bonchev–Trinajstić information content (AvgIpc) is 2.16. The van der Waals surface area contributed by atoms with Crippen molar-refractivity contribution in [2.75, 3.05) is 0 Å². The number of hydrogen-bond acceptors (Lipinski definition) is 2. The Bertz CT molecular complexity index is 213. The first-order valence-corrected chi connectivity index (χ1v) is 5.13. The maximum atomic E-state index is 4.20. The van der Waals surface area contributed by atoms with E-state index >= 15 is 0 Å². The molecule has 1 aromatic heterocycles. The van der Waals surface area contributed by atoms with E-state index < -0.39 is 0 Å². The van der Waals surface area contributed by atoms with Crippen LogP contribution in [-0.2, 0) is 6.42 Å². The minimum atomic E-state index is 0.611. The van der Waals surface area contributed by atoms with Crippen LogP contribution in [0.4, 0.5) is 0 Å². The van der Waals surface area contributed by atoms with Gasteiger partial charge in [-0.05, 0) is 19.3 Å². The van der Waals surface area contributed by atoms with E-state index in [-0.39, 0.29) is 0 Å². The van der Waals surface area contributed by atoms with Crippen LogP contribution in [0.3, 0.4) is 0 Å². The van der Waals surface area contributed by atoms with Crippen LogP contribution in [0.2, 0.25) is 0 Å². The maximum Gasteiger partial charge on any atom is 0.0587 e. The topological polar surface area (TPSA) is 25.8 Å². The molecule has 66 valence electrons. The number of aryl methyl sites for hydroxylation is 1. The first kappa shape index (κ1) is 9.65. The Labute approximate surface area is 81.6 Å². The Hall–Kier alpha value is -0.440. The number of hydrogen-bond donors (Lipinski definition) is 0. The molecule has 1 rings (SSSR count). The zero-order chi connectivity index (χ0) is 8.81. The van der Waals surface area contributed by atoms with Crippen LogP contribution in [0.15, 0.2) is 18.6 Å². The number of nitrogens with zero attached hydrogens (tertiary/aromatic N) is 2. The SMILES string of the molecule is CCC(Br)CCc1cnccn1. The largest absolute Gasteiger partial charge is 0.261 e. The van der Waals surface area contributed by atoms with Gasteiger partial charge in [0.2, 0.25) is 0 Å². The highest BCUT2D eigenvalue weighted by molar-refractivity contribution is 9.09. The van der Waals surface area contributed by atoms with Gasteiger partial charge in [-0.2, -0.15) is 0 Å². The second kappa shape index (κ2) is 5.25. The van der Waals surface area contributed by atoms with Crippen molar-refractivity contribution in [2.45, 2.75) is 31.0 Å². The van der Waals surface area contributed by atoms with E-state index in [1.54, 1.807) is 12.4 Å². The Balaban J connectivity index is 2.33. The highest BCUT2D eigenvalue weighted by atomic mass is 79.9. The summed E-state index contributed by atoms with van der Waals surface area (Å²) in [5, 5.41) is 0. The third kappa shape index (κ3) is 3.30. The highest BCUT2D eigenvalue weighted by Gasteiger charge is 2.01. The van der Waals surface area contributed by atoms with Gasteiger partial charge in [0.15, 0.2) is 0 Å². The van der Waals surface area contributed by atoms with Gasteiger partial charge in [0.05, 0.1) is 5.69 Å². The summed E-state index contributed by atoms with van der Waals surface area (Å²) < 4.78 is 0. The van der Waals surface area contributed by atoms with Gasteiger partial charge in [-0.3, -0.25) is 9.97 Å². The molecule has 0 amide bonds. The van der Waals surface area contributed by atoms with Crippen molar-refractivity contribution in [3.63, 3.8) is 0 Å². The van der Waals surface area contributed by atoms with Gasteiger partial charge in [0.1, 0.15) is 0 Å². The van der Waals surface area contributed by atoms with E-state index in [1.807, 2.05) is 6.20 Å². The molecule has 1 aromatic rings. The zero-order valence-corrected chi connectivity index (χ0v) is 8.79. The predicted octanol–water partition coefficient (Wildman–Crippen LogP) is 2.58. The van der Waals surface area contributed by atoms with Crippen molar-refractivity contribution in [2.24, 2.45) is 0 Å². The molecule has 0 saturated carbocycles.